The van der Waals surface area contributed by atoms with E-state index in [1.54, 1.807) is 0 Å². The molecule has 0 amide bonds. The quantitative estimate of drug-likeness (QED) is 0.0261. The molecular weight excluding hydrogens is 901 g/mol. The monoisotopic (exact) mass is 1010 g/mol. The van der Waals surface area contributed by atoms with Gasteiger partial charge in [-0.3, -0.25) is 14.4 Å². The molecule has 0 radical (unpaired) electrons. The molecule has 0 rings (SSSR count). The number of allylic oxidation sites excluding steroid dienone is 16. The zero-order valence-corrected chi connectivity index (χ0v) is 47.9. The minimum Gasteiger partial charge on any atom is -0.462 e. The van der Waals surface area contributed by atoms with Crippen LogP contribution < -0.4 is 0 Å². The Balaban J connectivity index is 4.42. The second kappa shape index (κ2) is 60.9. The topological polar surface area (TPSA) is 78.9 Å². The van der Waals surface area contributed by atoms with E-state index in [2.05, 4.69) is 118 Å². The summed E-state index contributed by atoms with van der Waals surface area (Å²) in [7, 11) is 0. The predicted molar refractivity (Wildman–Crippen MR) is 316 cm³/mol. The number of rotatable bonds is 55. The van der Waals surface area contributed by atoms with Crippen molar-refractivity contribution in [2.45, 2.75) is 297 Å². The van der Waals surface area contributed by atoms with Gasteiger partial charge in [-0.05, 0) is 96.3 Å². The van der Waals surface area contributed by atoms with Gasteiger partial charge in [0.2, 0.25) is 0 Å². The number of hydrogen-bond acceptors (Lipinski definition) is 6. The van der Waals surface area contributed by atoms with Crippen LogP contribution in [0.5, 0.6) is 0 Å². The van der Waals surface area contributed by atoms with Gasteiger partial charge >= 0.3 is 17.9 Å². The highest BCUT2D eigenvalue weighted by atomic mass is 16.6. The van der Waals surface area contributed by atoms with Crippen molar-refractivity contribution in [1.29, 1.82) is 0 Å². The van der Waals surface area contributed by atoms with E-state index in [1.807, 2.05) is 0 Å². The van der Waals surface area contributed by atoms with Crippen molar-refractivity contribution < 1.29 is 28.6 Å². The first kappa shape index (κ1) is 69.3. The summed E-state index contributed by atoms with van der Waals surface area (Å²) in [5, 5.41) is 0. The maximum atomic E-state index is 12.9. The van der Waals surface area contributed by atoms with E-state index in [4.69, 9.17) is 14.2 Å². The average molecular weight is 1020 g/mol. The third-order valence-corrected chi connectivity index (χ3v) is 13.1. The van der Waals surface area contributed by atoms with Gasteiger partial charge in [-0.15, -0.1) is 0 Å². The highest BCUT2D eigenvalue weighted by molar-refractivity contribution is 5.71. The lowest BCUT2D eigenvalue weighted by molar-refractivity contribution is -0.167. The van der Waals surface area contributed by atoms with Crippen LogP contribution in [0.15, 0.2) is 97.2 Å². The van der Waals surface area contributed by atoms with Gasteiger partial charge in [0.1, 0.15) is 13.2 Å². The molecule has 0 saturated heterocycles. The molecule has 6 heteroatoms. The van der Waals surface area contributed by atoms with Crippen LogP contribution in [-0.2, 0) is 28.6 Å². The first-order valence-electron chi connectivity index (χ1n) is 30.7. The summed E-state index contributed by atoms with van der Waals surface area (Å²) in [4.78, 5) is 38.3. The Morgan fingerprint density at radius 1 is 0.288 bits per heavy atom. The summed E-state index contributed by atoms with van der Waals surface area (Å²) < 4.78 is 16.9. The Kier molecular flexibility index (Phi) is 57.8. The predicted octanol–water partition coefficient (Wildman–Crippen LogP) is 20.9. The largest absolute Gasteiger partial charge is 0.462 e. The van der Waals surface area contributed by atoms with Crippen molar-refractivity contribution in [2.24, 2.45) is 0 Å². The Labute approximate surface area is 451 Å². The SMILES string of the molecule is CC/C=C\C/C=C\C/C=C\C/C=C\C/C=C\CCCCCCCC(=O)OCC(COC(=O)CCCCCCCCCCCCCCCCCCC)OC(=O)CCCCCCCCC/C=C\C/C=C\C/C=C\CC. The number of carbonyl (C=O) groups is 3. The van der Waals surface area contributed by atoms with Crippen molar-refractivity contribution >= 4 is 17.9 Å². The lowest BCUT2D eigenvalue weighted by Crippen LogP contribution is -2.30. The Bertz CT molecular complexity index is 1440. The summed E-state index contributed by atoms with van der Waals surface area (Å²) in [6.07, 6.45) is 81.1. The van der Waals surface area contributed by atoms with E-state index in [0.717, 1.165) is 135 Å². The molecule has 1 atom stereocenters. The Hall–Kier alpha value is -3.67. The molecule has 0 aliphatic heterocycles. The number of unbranched alkanes of at least 4 members (excludes halogenated alkanes) is 28. The van der Waals surface area contributed by atoms with Gasteiger partial charge in [-0.1, -0.05) is 272 Å². The molecule has 0 saturated carbocycles. The van der Waals surface area contributed by atoms with Crippen LogP contribution >= 0.6 is 0 Å². The molecule has 73 heavy (non-hydrogen) atoms. The molecule has 0 aliphatic carbocycles. The minimum absolute atomic E-state index is 0.0861. The van der Waals surface area contributed by atoms with E-state index in [0.29, 0.717) is 19.3 Å². The Morgan fingerprint density at radius 3 is 0.836 bits per heavy atom. The number of hydrogen-bond donors (Lipinski definition) is 0. The minimum atomic E-state index is -0.792. The molecule has 0 aromatic heterocycles. The summed E-state index contributed by atoms with van der Waals surface area (Å²) >= 11 is 0. The van der Waals surface area contributed by atoms with Crippen molar-refractivity contribution in [1.82, 2.24) is 0 Å². The van der Waals surface area contributed by atoms with Crippen LogP contribution in [0.2, 0.25) is 0 Å². The van der Waals surface area contributed by atoms with E-state index >= 15 is 0 Å². The van der Waals surface area contributed by atoms with Gasteiger partial charge in [0.25, 0.3) is 0 Å². The summed E-state index contributed by atoms with van der Waals surface area (Å²) in [6.45, 7) is 6.42. The summed E-state index contributed by atoms with van der Waals surface area (Å²) in [6, 6.07) is 0. The molecule has 0 fully saturated rings. The van der Waals surface area contributed by atoms with E-state index in [9.17, 15) is 14.4 Å². The molecule has 418 valence electrons. The first-order chi connectivity index (χ1) is 36.0. The molecule has 1 unspecified atom stereocenters. The van der Waals surface area contributed by atoms with Crippen LogP contribution in [0.1, 0.15) is 290 Å². The molecule has 6 nitrogen and oxygen atoms in total. The van der Waals surface area contributed by atoms with Crippen molar-refractivity contribution in [3.63, 3.8) is 0 Å². The van der Waals surface area contributed by atoms with Crippen LogP contribution in [0.3, 0.4) is 0 Å². The maximum absolute atomic E-state index is 12.9. The van der Waals surface area contributed by atoms with Crippen molar-refractivity contribution in [3.05, 3.63) is 97.2 Å². The van der Waals surface area contributed by atoms with Gasteiger partial charge in [0, 0.05) is 19.3 Å². The zero-order valence-electron chi connectivity index (χ0n) is 47.9. The van der Waals surface area contributed by atoms with Crippen LogP contribution in [0, 0.1) is 0 Å². The Morgan fingerprint density at radius 2 is 0.534 bits per heavy atom. The fourth-order valence-corrected chi connectivity index (χ4v) is 8.54. The highest BCUT2D eigenvalue weighted by Crippen LogP contribution is 2.16. The maximum Gasteiger partial charge on any atom is 0.306 e. The van der Waals surface area contributed by atoms with Crippen LogP contribution in [-0.4, -0.2) is 37.2 Å². The van der Waals surface area contributed by atoms with Crippen LogP contribution in [0.25, 0.3) is 0 Å². The van der Waals surface area contributed by atoms with Gasteiger partial charge < -0.3 is 14.2 Å². The number of carbonyl (C=O) groups excluding carboxylic acids is 3. The fraction of sp³-hybridized carbons (Fsp3) is 0.716. The fourth-order valence-electron chi connectivity index (χ4n) is 8.54. The molecule has 0 spiro atoms. The third-order valence-electron chi connectivity index (χ3n) is 13.1. The lowest BCUT2D eigenvalue weighted by atomic mass is 10.0. The van der Waals surface area contributed by atoms with Gasteiger partial charge in [0.15, 0.2) is 6.10 Å². The molecule has 0 aliphatic rings. The van der Waals surface area contributed by atoms with Crippen LogP contribution in [0.4, 0.5) is 0 Å². The van der Waals surface area contributed by atoms with Gasteiger partial charge in [0.05, 0.1) is 0 Å². The molecule has 0 bridgehead atoms. The molecule has 0 aromatic carbocycles. The summed E-state index contributed by atoms with van der Waals surface area (Å²) in [5.74, 6) is -0.906. The van der Waals surface area contributed by atoms with Gasteiger partial charge in [-0.25, -0.2) is 0 Å². The molecule has 0 heterocycles. The van der Waals surface area contributed by atoms with Crippen molar-refractivity contribution in [2.75, 3.05) is 13.2 Å². The molecule has 0 aromatic rings. The second-order valence-electron chi connectivity index (χ2n) is 20.2. The number of esters is 3. The first-order valence-corrected chi connectivity index (χ1v) is 30.7. The summed E-state index contributed by atoms with van der Waals surface area (Å²) in [5.41, 5.74) is 0. The highest BCUT2D eigenvalue weighted by Gasteiger charge is 2.19. The zero-order chi connectivity index (χ0) is 52.9. The van der Waals surface area contributed by atoms with Crippen molar-refractivity contribution in [3.8, 4) is 0 Å². The third kappa shape index (κ3) is 59.1. The average Bonchev–Trinajstić information content (AvgIpc) is 3.39. The smallest absolute Gasteiger partial charge is 0.306 e. The van der Waals surface area contributed by atoms with E-state index in [1.165, 1.54) is 116 Å². The standard InChI is InChI=1S/C67H114O6/c1-4-7-10-13-16-19-22-25-28-31-32-33-34-37-39-42-45-48-51-54-57-60-66(69)72-63-64(73-67(70)61-58-55-52-49-46-43-40-36-30-27-24-21-18-15-12-9-6-3)62-71-65(68)59-56-53-50-47-44-41-38-35-29-26-23-20-17-14-11-8-5-2/h7,9-10,12,16,18-19,21,25,27-28,30,32-33,37,39,64H,4-6,8,11,13-15,17,20,22-24,26,29,31,34-36,38,40-63H2,1-3H3/b10-7-,12-9-,19-16-,21-18-,28-25-,30-27-,33-32-,39-37-. The van der Waals surface area contributed by atoms with E-state index in [-0.39, 0.29) is 31.1 Å². The second-order valence-corrected chi connectivity index (χ2v) is 20.2. The van der Waals surface area contributed by atoms with E-state index < -0.39 is 6.10 Å². The molecule has 0 N–H and O–H groups in total. The number of ether oxygens (including phenoxy) is 3. The lowest BCUT2D eigenvalue weighted by Gasteiger charge is -2.18. The normalized spacial score (nSPS) is 12.8. The molecular formula is C67H114O6. The van der Waals surface area contributed by atoms with Gasteiger partial charge in [-0.2, -0.15) is 0 Å².